The Balaban J connectivity index is 1.95. The Kier molecular flexibility index (Phi) is 4.74. The van der Waals surface area contributed by atoms with Crippen LogP contribution in [-0.2, 0) is 9.16 Å². The SMILES string of the molecule is CC(C)(C)[Si](C)(C)O[C@H]1C[C@H](n2cnc3c(=O)[nH]c(N)nc32)O[C@]1(C)CO. The second-order valence-electron chi connectivity index (χ2n) is 8.92. The highest BCUT2D eigenvalue weighted by Gasteiger charge is 2.51. The van der Waals surface area contributed by atoms with E-state index in [1.807, 2.05) is 6.92 Å². The molecular weight excluding hydrogens is 366 g/mol. The highest BCUT2D eigenvalue weighted by molar-refractivity contribution is 6.74. The predicted molar refractivity (Wildman–Crippen MR) is 105 cm³/mol. The molecule has 10 heteroatoms. The second kappa shape index (κ2) is 6.40. The highest BCUT2D eigenvalue weighted by atomic mass is 28.4. The molecule has 3 atom stereocenters. The maximum absolute atomic E-state index is 12.0. The molecule has 1 saturated heterocycles. The minimum Gasteiger partial charge on any atom is -0.411 e. The Morgan fingerprint density at radius 1 is 1.52 bits per heavy atom. The molecule has 0 radical (unpaired) electrons. The molecule has 0 saturated carbocycles. The van der Waals surface area contributed by atoms with Crippen molar-refractivity contribution in [3.05, 3.63) is 16.7 Å². The summed E-state index contributed by atoms with van der Waals surface area (Å²) >= 11 is 0. The van der Waals surface area contributed by atoms with Crippen molar-refractivity contribution in [3.8, 4) is 0 Å². The van der Waals surface area contributed by atoms with E-state index in [9.17, 15) is 9.90 Å². The quantitative estimate of drug-likeness (QED) is 0.673. The van der Waals surface area contributed by atoms with Crippen molar-refractivity contribution in [1.82, 2.24) is 19.5 Å². The van der Waals surface area contributed by atoms with E-state index in [1.165, 1.54) is 6.33 Å². The van der Waals surface area contributed by atoms with Gasteiger partial charge >= 0.3 is 0 Å². The summed E-state index contributed by atoms with van der Waals surface area (Å²) in [4.78, 5) is 22.8. The van der Waals surface area contributed by atoms with Gasteiger partial charge in [0.05, 0.1) is 19.0 Å². The van der Waals surface area contributed by atoms with E-state index in [0.717, 1.165) is 0 Å². The average molecular weight is 396 g/mol. The molecule has 3 heterocycles. The third-order valence-electron chi connectivity index (χ3n) is 5.82. The van der Waals surface area contributed by atoms with Crippen LogP contribution in [0.2, 0.25) is 18.1 Å². The lowest BCUT2D eigenvalue weighted by atomic mass is 10.0. The van der Waals surface area contributed by atoms with Gasteiger partial charge in [-0.15, -0.1) is 0 Å². The summed E-state index contributed by atoms with van der Waals surface area (Å²) in [6.07, 6.45) is 1.29. The molecule has 0 spiro atoms. The van der Waals surface area contributed by atoms with Crippen LogP contribution in [0.1, 0.15) is 40.3 Å². The van der Waals surface area contributed by atoms with Crippen molar-refractivity contribution in [2.75, 3.05) is 12.3 Å². The van der Waals surface area contributed by atoms with Crippen molar-refractivity contribution in [1.29, 1.82) is 0 Å². The Morgan fingerprint density at radius 3 is 2.78 bits per heavy atom. The summed E-state index contributed by atoms with van der Waals surface area (Å²) in [5.74, 6) is 0.0197. The van der Waals surface area contributed by atoms with E-state index in [0.29, 0.717) is 12.1 Å². The molecular formula is C17H29N5O4Si. The number of H-pyrrole nitrogens is 1. The van der Waals surface area contributed by atoms with Gasteiger partial charge in [-0.25, -0.2) is 4.98 Å². The lowest BCUT2D eigenvalue weighted by Crippen LogP contribution is -2.50. The molecule has 0 aliphatic carbocycles. The fraction of sp³-hybridized carbons (Fsp3) is 0.706. The first-order valence-corrected chi connectivity index (χ1v) is 12.0. The predicted octanol–water partition coefficient (Wildman–Crippen LogP) is 1.76. The Bertz CT molecular complexity index is 903. The molecule has 0 unspecified atom stereocenters. The molecule has 1 aliphatic rings. The number of fused-ring (bicyclic) bond motifs is 1. The van der Waals surface area contributed by atoms with Crippen LogP contribution in [0.5, 0.6) is 0 Å². The zero-order valence-electron chi connectivity index (χ0n) is 16.7. The van der Waals surface area contributed by atoms with Gasteiger partial charge in [0.2, 0.25) is 5.95 Å². The van der Waals surface area contributed by atoms with Gasteiger partial charge in [-0.05, 0) is 25.1 Å². The number of aliphatic hydroxyl groups excluding tert-OH is 1. The van der Waals surface area contributed by atoms with Crippen LogP contribution in [0.15, 0.2) is 11.1 Å². The first kappa shape index (κ1) is 20.0. The molecule has 27 heavy (non-hydrogen) atoms. The fourth-order valence-corrected chi connectivity index (χ4v) is 4.45. The van der Waals surface area contributed by atoms with Crippen molar-refractivity contribution >= 4 is 25.4 Å². The molecule has 4 N–H and O–H groups in total. The molecule has 0 bridgehead atoms. The van der Waals surface area contributed by atoms with E-state index in [2.05, 4.69) is 48.8 Å². The van der Waals surface area contributed by atoms with E-state index in [-0.39, 0.29) is 29.2 Å². The number of aliphatic hydroxyl groups is 1. The van der Waals surface area contributed by atoms with Gasteiger partial charge in [0.25, 0.3) is 5.56 Å². The summed E-state index contributed by atoms with van der Waals surface area (Å²) < 4.78 is 14.4. The van der Waals surface area contributed by atoms with Crippen molar-refractivity contribution in [2.24, 2.45) is 0 Å². The molecule has 2 aromatic rings. The normalized spacial score (nSPS) is 26.8. The minimum absolute atomic E-state index is 0.0197. The van der Waals surface area contributed by atoms with Crippen LogP contribution < -0.4 is 11.3 Å². The number of aromatic amines is 1. The molecule has 0 aromatic carbocycles. The fourth-order valence-electron chi connectivity index (χ4n) is 3.04. The summed E-state index contributed by atoms with van der Waals surface area (Å²) in [5, 5.41) is 10.0. The first-order chi connectivity index (χ1) is 12.4. The average Bonchev–Trinajstić information content (AvgIpc) is 3.08. The minimum atomic E-state index is -2.07. The van der Waals surface area contributed by atoms with Crippen LogP contribution in [0.25, 0.3) is 11.2 Å². The molecule has 3 rings (SSSR count). The van der Waals surface area contributed by atoms with Gasteiger partial charge in [0, 0.05) is 6.42 Å². The summed E-state index contributed by atoms with van der Waals surface area (Å²) in [6.45, 7) is 12.5. The lowest BCUT2D eigenvalue weighted by molar-refractivity contribution is -0.112. The van der Waals surface area contributed by atoms with E-state index < -0.39 is 25.7 Å². The lowest BCUT2D eigenvalue weighted by Gasteiger charge is -2.41. The number of nitrogens with two attached hydrogens (primary N) is 1. The number of nitrogens with zero attached hydrogens (tertiary/aromatic N) is 3. The van der Waals surface area contributed by atoms with E-state index in [4.69, 9.17) is 14.9 Å². The second-order valence-corrected chi connectivity index (χ2v) is 13.7. The standard InChI is InChI=1S/C17H29N5O4Si/c1-16(2,3)27(5,6)26-10-7-11(25-17(10,4)8-23)22-9-19-12-13(22)20-15(18)21-14(12)24/h9-11,23H,7-8H2,1-6H3,(H3,18,20,21,24)/t10-,11+,17+/m0/s1. The van der Waals surface area contributed by atoms with Crippen LogP contribution in [0, 0.1) is 0 Å². The summed E-state index contributed by atoms with van der Waals surface area (Å²) in [7, 11) is -2.07. The topological polar surface area (TPSA) is 128 Å². The maximum Gasteiger partial charge on any atom is 0.280 e. The third-order valence-corrected chi connectivity index (χ3v) is 10.3. The Morgan fingerprint density at radius 2 is 2.19 bits per heavy atom. The van der Waals surface area contributed by atoms with Gasteiger partial charge in [0.1, 0.15) is 11.8 Å². The molecule has 2 aromatic heterocycles. The number of imidazole rings is 1. The number of aromatic nitrogens is 4. The van der Waals surface area contributed by atoms with Crippen LogP contribution in [0.4, 0.5) is 5.95 Å². The van der Waals surface area contributed by atoms with Gasteiger partial charge in [-0.2, -0.15) is 4.98 Å². The number of ether oxygens (including phenoxy) is 1. The smallest absolute Gasteiger partial charge is 0.280 e. The first-order valence-electron chi connectivity index (χ1n) is 9.07. The number of hydrogen-bond donors (Lipinski definition) is 3. The number of hydrogen-bond acceptors (Lipinski definition) is 7. The van der Waals surface area contributed by atoms with Crippen molar-refractivity contribution in [2.45, 2.75) is 70.2 Å². The van der Waals surface area contributed by atoms with Crippen molar-refractivity contribution in [3.63, 3.8) is 0 Å². The zero-order valence-corrected chi connectivity index (χ0v) is 17.7. The monoisotopic (exact) mass is 395 g/mol. The number of rotatable bonds is 4. The van der Waals surface area contributed by atoms with Crippen molar-refractivity contribution < 1.29 is 14.3 Å². The third kappa shape index (κ3) is 3.42. The summed E-state index contributed by atoms with van der Waals surface area (Å²) in [6, 6.07) is 0. The largest absolute Gasteiger partial charge is 0.411 e. The van der Waals surface area contributed by atoms with Crippen LogP contribution in [0.3, 0.4) is 0 Å². The highest BCUT2D eigenvalue weighted by Crippen LogP contribution is 2.44. The van der Waals surface area contributed by atoms with Gasteiger partial charge in [-0.1, -0.05) is 20.8 Å². The van der Waals surface area contributed by atoms with E-state index >= 15 is 0 Å². The molecule has 150 valence electrons. The zero-order chi connectivity index (χ0) is 20.2. The summed E-state index contributed by atoms with van der Waals surface area (Å²) in [5.41, 5.74) is 4.99. The number of anilines is 1. The maximum atomic E-state index is 12.0. The van der Waals surface area contributed by atoms with E-state index in [1.54, 1.807) is 4.57 Å². The van der Waals surface area contributed by atoms with Crippen LogP contribution in [-0.4, -0.2) is 51.3 Å². The number of nitrogen functional groups attached to an aromatic ring is 1. The Hall–Kier alpha value is -1.75. The van der Waals surface area contributed by atoms with Gasteiger partial charge in [0.15, 0.2) is 19.5 Å². The molecule has 1 fully saturated rings. The molecule has 0 amide bonds. The molecule has 9 nitrogen and oxygen atoms in total. The van der Waals surface area contributed by atoms with Gasteiger partial charge in [-0.3, -0.25) is 14.3 Å². The number of nitrogens with one attached hydrogen (secondary N) is 1. The Labute approximate surface area is 159 Å². The molecule has 1 aliphatic heterocycles. The van der Waals surface area contributed by atoms with Gasteiger partial charge < -0.3 is 20.0 Å². The van der Waals surface area contributed by atoms with Crippen LogP contribution >= 0.6 is 0 Å².